The molecule has 0 aliphatic carbocycles. The van der Waals surface area contributed by atoms with Gasteiger partial charge in [-0.05, 0) is 51.5 Å². The number of hydrogen-bond acceptors (Lipinski definition) is 6. The number of aromatic nitrogens is 1. The second-order valence-corrected chi connectivity index (χ2v) is 7.50. The van der Waals surface area contributed by atoms with Gasteiger partial charge in [0.2, 0.25) is 0 Å². The highest BCUT2D eigenvalue weighted by Gasteiger charge is 2.52. The van der Waals surface area contributed by atoms with Gasteiger partial charge >= 0.3 is 7.12 Å². The van der Waals surface area contributed by atoms with Crippen molar-refractivity contribution in [3.8, 4) is 17.4 Å². The lowest BCUT2D eigenvalue weighted by Gasteiger charge is -2.32. The highest BCUT2D eigenvalue weighted by Crippen LogP contribution is 2.37. The van der Waals surface area contributed by atoms with Gasteiger partial charge < -0.3 is 23.5 Å². The van der Waals surface area contributed by atoms with Gasteiger partial charge in [0.15, 0.2) is 5.75 Å². The normalized spacial score (nSPS) is 17.6. The lowest BCUT2D eigenvalue weighted by Crippen LogP contribution is -2.41. The fourth-order valence-electron chi connectivity index (χ4n) is 2.68. The van der Waals surface area contributed by atoms with E-state index in [1.165, 1.54) is 0 Å². The molecular formula is C20H26BNO5. The van der Waals surface area contributed by atoms with E-state index in [0.29, 0.717) is 18.2 Å². The van der Waals surface area contributed by atoms with Crippen molar-refractivity contribution >= 4 is 12.6 Å². The molecule has 1 aromatic heterocycles. The first kappa shape index (κ1) is 19.5. The minimum atomic E-state index is -0.493. The summed E-state index contributed by atoms with van der Waals surface area (Å²) in [7, 11) is 2.74. The summed E-state index contributed by atoms with van der Waals surface area (Å²) in [6, 6.07) is 9.53. The van der Waals surface area contributed by atoms with E-state index >= 15 is 0 Å². The van der Waals surface area contributed by atoms with Crippen LogP contribution < -0.4 is 19.7 Å². The zero-order chi connectivity index (χ0) is 19.7. The Morgan fingerprint density at radius 2 is 1.59 bits per heavy atom. The van der Waals surface area contributed by atoms with E-state index in [2.05, 4.69) is 4.98 Å². The Hall–Kier alpha value is -2.25. The second-order valence-electron chi connectivity index (χ2n) is 7.50. The fraction of sp³-hybridized carbons (Fsp3) is 0.450. The van der Waals surface area contributed by atoms with Gasteiger partial charge in [0.1, 0.15) is 12.4 Å². The number of methoxy groups -OCH3 is 2. The summed E-state index contributed by atoms with van der Waals surface area (Å²) < 4.78 is 28.6. The fourth-order valence-corrected chi connectivity index (χ4v) is 2.68. The zero-order valence-corrected chi connectivity index (χ0v) is 16.7. The van der Waals surface area contributed by atoms with Gasteiger partial charge in [0.05, 0.1) is 25.4 Å². The van der Waals surface area contributed by atoms with Crippen molar-refractivity contribution in [2.45, 2.75) is 45.5 Å². The van der Waals surface area contributed by atoms with Gasteiger partial charge in [-0.3, -0.25) is 0 Å². The van der Waals surface area contributed by atoms with Crippen LogP contribution in [-0.4, -0.2) is 37.5 Å². The van der Waals surface area contributed by atoms with Crippen molar-refractivity contribution in [2.75, 3.05) is 14.2 Å². The molecule has 1 aliphatic heterocycles. The Labute approximate surface area is 160 Å². The van der Waals surface area contributed by atoms with Gasteiger partial charge in [-0.25, -0.2) is 4.98 Å². The van der Waals surface area contributed by atoms with Gasteiger partial charge in [-0.15, -0.1) is 0 Å². The maximum atomic E-state index is 6.07. The number of rotatable bonds is 6. The summed E-state index contributed by atoms with van der Waals surface area (Å²) in [5.41, 5.74) is 0.986. The molecule has 0 N–H and O–H groups in total. The molecule has 2 aromatic rings. The average Bonchev–Trinajstić information content (AvgIpc) is 2.87. The number of nitrogens with zero attached hydrogens (tertiary/aromatic N) is 1. The smallest absolute Gasteiger partial charge is 0.496 e. The molecule has 0 unspecified atom stereocenters. The minimum Gasteiger partial charge on any atom is -0.497 e. The van der Waals surface area contributed by atoms with E-state index in [4.69, 9.17) is 23.5 Å². The van der Waals surface area contributed by atoms with Crippen LogP contribution in [0.4, 0.5) is 0 Å². The molecule has 0 radical (unpaired) electrons. The molecule has 2 heterocycles. The summed E-state index contributed by atoms with van der Waals surface area (Å²) in [5.74, 6) is 1.77. The van der Waals surface area contributed by atoms with Gasteiger partial charge in [0, 0.05) is 11.7 Å². The Kier molecular flexibility index (Phi) is 5.35. The van der Waals surface area contributed by atoms with Crippen LogP contribution in [0.5, 0.6) is 17.4 Å². The molecule has 0 spiro atoms. The molecule has 3 rings (SSSR count). The molecule has 1 aromatic carbocycles. The standard InChI is InChI=1S/C20H26BNO5/c1-19(2)20(3,4)27-21(26-19)15-11-17(24-6)18(22-12-15)25-13-14-7-9-16(23-5)10-8-14/h7-12H,13H2,1-6H3. The maximum Gasteiger partial charge on any atom is 0.496 e. The second kappa shape index (κ2) is 7.41. The molecule has 0 saturated carbocycles. The van der Waals surface area contributed by atoms with Crippen LogP contribution >= 0.6 is 0 Å². The third-order valence-electron chi connectivity index (χ3n) is 5.12. The van der Waals surface area contributed by atoms with Crippen molar-refractivity contribution in [1.82, 2.24) is 4.98 Å². The van der Waals surface area contributed by atoms with Crippen molar-refractivity contribution in [1.29, 1.82) is 0 Å². The topological polar surface area (TPSA) is 59.0 Å². The van der Waals surface area contributed by atoms with Crippen LogP contribution in [0.25, 0.3) is 0 Å². The third-order valence-corrected chi connectivity index (χ3v) is 5.12. The Bertz CT molecular complexity index is 775. The lowest BCUT2D eigenvalue weighted by atomic mass is 9.80. The molecule has 1 aliphatic rings. The number of hydrogen-bond donors (Lipinski definition) is 0. The first-order valence-electron chi connectivity index (χ1n) is 8.91. The monoisotopic (exact) mass is 371 g/mol. The first-order valence-corrected chi connectivity index (χ1v) is 8.91. The molecule has 6 nitrogen and oxygen atoms in total. The van der Waals surface area contributed by atoms with Crippen molar-refractivity contribution in [3.05, 3.63) is 42.1 Å². The van der Waals surface area contributed by atoms with Gasteiger partial charge in [-0.2, -0.15) is 0 Å². The molecule has 0 amide bonds. The summed E-state index contributed by atoms with van der Waals surface area (Å²) in [6.45, 7) is 8.45. The number of pyridine rings is 1. The summed E-state index contributed by atoms with van der Waals surface area (Å²) in [4.78, 5) is 4.41. The van der Waals surface area contributed by atoms with Crippen LogP contribution in [0, 0.1) is 0 Å². The summed E-state index contributed by atoms with van der Waals surface area (Å²) in [5, 5.41) is 0. The molecule has 1 saturated heterocycles. The van der Waals surface area contributed by atoms with Crippen LogP contribution in [0.1, 0.15) is 33.3 Å². The Balaban J connectivity index is 1.73. The van der Waals surface area contributed by atoms with Crippen molar-refractivity contribution < 1.29 is 23.5 Å². The summed E-state index contributed by atoms with van der Waals surface area (Å²) in [6.07, 6.45) is 1.70. The largest absolute Gasteiger partial charge is 0.497 e. The average molecular weight is 371 g/mol. The molecule has 7 heteroatoms. The van der Waals surface area contributed by atoms with Gasteiger partial charge in [-0.1, -0.05) is 12.1 Å². The first-order chi connectivity index (χ1) is 12.8. The molecular weight excluding hydrogens is 345 g/mol. The van der Waals surface area contributed by atoms with Crippen LogP contribution in [0.2, 0.25) is 0 Å². The van der Waals surface area contributed by atoms with E-state index in [1.807, 2.05) is 58.0 Å². The van der Waals surface area contributed by atoms with E-state index < -0.39 is 18.3 Å². The molecule has 1 fully saturated rings. The predicted molar refractivity (Wildman–Crippen MR) is 104 cm³/mol. The summed E-state index contributed by atoms with van der Waals surface area (Å²) >= 11 is 0. The molecule has 27 heavy (non-hydrogen) atoms. The highest BCUT2D eigenvalue weighted by molar-refractivity contribution is 6.62. The number of benzene rings is 1. The third kappa shape index (κ3) is 4.04. The molecule has 0 atom stereocenters. The minimum absolute atomic E-state index is 0.378. The van der Waals surface area contributed by atoms with E-state index in [9.17, 15) is 0 Å². The van der Waals surface area contributed by atoms with Crippen molar-refractivity contribution in [3.63, 3.8) is 0 Å². The SMILES string of the molecule is COc1ccc(COc2ncc(B3OC(C)(C)C(C)(C)O3)cc2OC)cc1. The number of ether oxygens (including phenoxy) is 3. The van der Waals surface area contributed by atoms with Gasteiger partial charge in [0.25, 0.3) is 5.88 Å². The van der Waals surface area contributed by atoms with Crippen LogP contribution in [0.3, 0.4) is 0 Å². The van der Waals surface area contributed by atoms with Crippen LogP contribution in [0.15, 0.2) is 36.5 Å². The molecule has 144 valence electrons. The van der Waals surface area contributed by atoms with Crippen LogP contribution in [-0.2, 0) is 15.9 Å². The van der Waals surface area contributed by atoms with Crippen molar-refractivity contribution in [2.24, 2.45) is 0 Å². The van der Waals surface area contributed by atoms with E-state index in [1.54, 1.807) is 20.4 Å². The zero-order valence-electron chi connectivity index (χ0n) is 16.7. The predicted octanol–water partition coefficient (Wildman–Crippen LogP) is 2.98. The quantitative estimate of drug-likeness (QED) is 0.728. The van der Waals surface area contributed by atoms with E-state index in [-0.39, 0.29) is 0 Å². The Morgan fingerprint density at radius 1 is 0.963 bits per heavy atom. The Morgan fingerprint density at radius 3 is 2.15 bits per heavy atom. The van der Waals surface area contributed by atoms with E-state index in [0.717, 1.165) is 16.8 Å². The maximum absolute atomic E-state index is 6.07. The molecule has 0 bridgehead atoms. The lowest BCUT2D eigenvalue weighted by molar-refractivity contribution is 0.00578. The highest BCUT2D eigenvalue weighted by atomic mass is 16.7.